The molecule has 0 saturated carbocycles. The van der Waals surface area contributed by atoms with Gasteiger partial charge >= 0.3 is 0 Å². The molecule has 0 fully saturated rings. The van der Waals surface area contributed by atoms with Gasteiger partial charge in [0, 0.05) is 23.6 Å². The van der Waals surface area contributed by atoms with Gasteiger partial charge in [-0.25, -0.2) is 18.4 Å². The van der Waals surface area contributed by atoms with Gasteiger partial charge < -0.3 is 14.8 Å². The highest BCUT2D eigenvalue weighted by molar-refractivity contribution is 7.92. The first-order valence-electron chi connectivity index (χ1n) is 10.0. The third-order valence-electron chi connectivity index (χ3n) is 4.23. The normalized spacial score (nSPS) is 10.9. The Labute approximate surface area is 202 Å². The van der Waals surface area contributed by atoms with Gasteiger partial charge in [-0.2, -0.15) is 0 Å². The van der Waals surface area contributed by atoms with Gasteiger partial charge in [0.25, 0.3) is 21.8 Å². The number of carbonyl (C=O) groups excluding carboxylic acids is 1. The molecule has 0 atom stereocenters. The van der Waals surface area contributed by atoms with Gasteiger partial charge in [-0.15, -0.1) is 0 Å². The van der Waals surface area contributed by atoms with Gasteiger partial charge in [0.15, 0.2) is 5.11 Å². The summed E-state index contributed by atoms with van der Waals surface area (Å²) in [7, 11) is -2.57. The molecule has 0 aliphatic heterocycles. The summed E-state index contributed by atoms with van der Waals surface area (Å²) in [6.07, 6.45) is 2.76. The van der Waals surface area contributed by atoms with Crippen LogP contribution in [0.3, 0.4) is 0 Å². The van der Waals surface area contributed by atoms with E-state index in [-0.39, 0.29) is 27.8 Å². The van der Waals surface area contributed by atoms with E-state index in [4.69, 9.17) is 21.7 Å². The van der Waals surface area contributed by atoms with Crippen LogP contribution >= 0.6 is 12.2 Å². The van der Waals surface area contributed by atoms with E-state index >= 15 is 0 Å². The quantitative estimate of drug-likeness (QED) is 0.398. The van der Waals surface area contributed by atoms with Crippen LogP contribution in [0.1, 0.15) is 24.2 Å². The summed E-state index contributed by atoms with van der Waals surface area (Å²) < 4.78 is 38.2. The number of rotatable bonds is 8. The summed E-state index contributed by atoms with van der Waals surface area (Å²) in [5, 5.41) is 5.48. The topological polar surface area (TPSA) is 132 Å². The Kier molecular flexibility index (Phi) is 7.97. The van der Waals surface area contributed by atoms with Crippen molar-refractivity contribution in [3.8, 4) is 11.6 Å². The minimum absolute atomic E-state index is 0.00980. The highest BCUT2D eigenvalue weighted by atomic mass is 32.2. The molecular weight excluding hydrogens is 478 g/mol. The third kappa shape index (κ3) is 6.62. The summed E-state index contributed by atoms with van der Waals surface area (Å²) in [5.74, 6) is 0.289. The van der Waals surface area contributed by atoms with Crippen molar-refractivity contribution in [3.05, 3.63) is 66.5 Å². The van der Waals surface area contributed by atoms with Crippen LogP contribution < -0.4 is 24.8 Å². The fourth-order valence-electron chi connectivity index (χ4n) is 2.74. The number of hydrogen-bond acceptors (Lipinski definition) is 8. The van der Waals surface area contributed by atoms with Crippen molar-refractivity contribution in [2.75, 3.05) is 17.1 Å². The first kappa shape index (κ1) is 24.9. The predicted molar refractivity (Wildman–Crippen MR) is 132 cm³/mol. The highest BCUT2D eigenvalue weighted by Gasteiger charge is 2.18. The van der Waals surface area contributed by atoms with Crippen LogP contribution in [0.4, 0.5) is 11.5 Å². The van der Waals surface area contributed by atoms with E-state index in [9.17, 15) is 13.2 Å². The molecule has 3 aromatic rings. The number of thiocarbonyl (C=S) groups is 1. The van der Waals surface area contributed by atoms with Crippen LogP contribution in [0.2, 0.25) is 0 Å². The zero-order valence-electron chi connectivity index (χ0n) is 18.6. The molecule has 0 saturated heterocycles. The lowest BCUT2D eigenvalue weighted by molar-refractivity contribution is 0.0977. The van der Waals surface area contributed by atoms with Crippen molar-refractivity contribution in [2.45, 2.75) is 24.8 Å². The minimum Gasteiger partial charge on any atom is -0.491 e. The number of anilines is 2. The minimum atomic E-state index is -3.93. The third-order valence-corrected chi connectivity index (χ3v) is 5.79. The Morgan fingerprint density at radius 1 is 1.00 bits per heavy atom. The summed E-state index contributed by atoms with van der Waals surface area (Å²) in [6.45, 7) is 3.83. The number of carbonyl (C=O) groups is 1. The van der Waals surface area contributed by atoms with Crippen molar-refractivity contribution in [1.82, 2.24) is 15.3 Å². The second-order valence-corrected chi connectivity index (χ2v) is 9.23. The molecule has 178 valence electrons. The van der Waals surface area contributed by atoms with E-state index in [2.05, 4.69) is 25.3 Å². The Balaban J connectivity index is 1.60. The standard InChI is InChI=1S/C22H23N5O5S2/c1-14(2)32-17-8-4-15(5-9-17)20(28)26-22(33)25-16-6-10-18(11-7-16)34(29,30)27-19-21(31-3)24-13-12-23-19/h4-14H,1-3H3,(H,23,27)(H2,25,26,28,33). The van der Waals surface area contributed by atoms with E-state index in [1.165, 1.54) is 43.8 Å². The Morgan fingerprint density at radius 3 is 2.26 bits per heavy atom. The average Bonchev–Trinajstić information content (AvgIpc) is 2.79. The molecule has 0 radical (unpaired) electrons. The first-order valence-corrected chi connectivity index (χ1v) is 11.9. The number of nitrogens with zero attached hydrogens (tertiary/aromatic N) is 2. The molecular formula is C22H23N5O5S2. The van der Waals surface area contributed by atoms with E-state index in [1.807, 2.05) is 13.8 Å². The molecule has 0 aliphatic rings. The smallest absolute Gasteiger partial charge is 0.263 e. The molecule has 3 rings (SSSR count). The maximum absolute atomic E-state index is 12.6. The lowest BCUT2D eigenvalue weighted by Gasteiger charge is -2.12. The molecule has 1 aromatic heterocycles. The number of hydrogen-bond donors (Lipinski definition) is 3. The molecule has 2 aromatic carbocycles. The van der Waals surface area contributed by atoms with Gasteiger partial charge in [0.1, 0.15) is 5.75 Å². The Bertz CT molecular complexity index is 1260. The summed E-state index contributed by atoms with van der Waals surface area (Å²) >= 11 is 5.19. The molecule has 0 unspecified atom stereocenters. The molecule has 0 aliphatic carbocycles. The van der Waals surface area contributed by atoms with Gasteiger partial charge in [0.2, 0.25) is 5.82 Å². The van der Waals surface area contributed by atoms with Gasteiger partial charge in [-0.1, -0.05) is 0 Å². The molecule has 1 heterocycles. The Morgan fingerprint density at radius 2 is 1.65 bits per heavy atom. The maximum atomic E-state index is 12.6. The van der Waals surface area contributed by atoms with E-state index < -0.39 is 15.9 Å². The molecule has 10 nitrogen and oxygen atoms in total. The Hall–Kier alpha value is -3.77. The molecule has 3 N–H and O–H groups in total. The fourth-order valence-corrected chi connectivity index (χ4v) is 3.96. The van der Waals surface area contributed by atoms with Crippen LogP contribution in [0, 0.1) is 0 Å². The van der Waals surface area contributed by atoms with Crippen LogP contribution in [0.15, 0.2) is 65.8 Å². The number of benzene rings is 2. The highest BCUT2D eigenvalue weighted by Crippen LogP contribution is 2.22. The molecule has 34 heavy (non-hydrogen) atoms. The van der Waals surface area contributed by atoms with E-state index in [0.717, 1.165) is 0 Å². The van der Waals surface area contributed by atoms with Crippen LogP contribution in [-0.2, 0) is 10.0 Å². The zero-order chi connectivity index (χ0) is 24.7. The summed E-state index contributed by atoms with van der Waals surface area (Å²) in [4.78, 5) is 20.2. The van der Waals surface area contributed by atoms with Crippen LogP contribution in [0.5, 0.6) is 11.6 Å². The zero-order valence-corrected chi connectivity index (χ0v) is 20.2. The number of methoxy groups -OCH3 is 1. The van der Waals surface area contributed by atoms with Crippen LogP contribution in [0.25, 0.3) is 0 Å². The largest absolute Gasteiger partial charge is 0.491 e. The number of nitrogens with one attached hydrogen (secondary N) is 3. The number of aromatic nitrogens is 2. The van der Waals surface area contributed by atoms with Gasteiger partial charge in [-0.05, 0) is 74.6 Å². The van der Waals surface area contributed by atoms with Crippen molar-refractivity contribution in [1.29, 1.82) is 0 Å². The van der Waals surface area contributed by atoms with E-state index in [1.54, 1.807) is 24.3 Å². The lowest BCUT2D eigenvalue weighted by atomic mass is 10.2. The summed E-state index contributed by atoms with van der Waals surface area (Å²) in [5.41, 5.74) is 0.897. The molecule has 0 spiro atoms. The SMILES string of the molecule is COc1nccnc1NS(=O)(=O)c1ccc(NC(=S)NC(=O)c2ccc(OC(C)C)cc2)cc1. The average molecular weight is 502 g/mol. The first-order chi connectivity index (χ1) is 16.2. The maximum Gasteiger partial charge on any atom is 0.263 e. The van der Waals surface area contributed by atoms with Crippen molar-refractivity contribution in [3.63, 3.8) is 0 Å². The predicted octanol–water partition coefficient (Wildman–Crippen LogP) is 3.20. The monoisotopic (exact) mass is 501 g/mol. The van der Waals surface area contributed by atoms with E-state index in [0.29, 0.717) is 17.0 Å². The second-order valence-electron chi connectivity index (χ2n) is 7.14. The number of ether oxygens (including phenoxy) is 2. The fraction of sp³-hybridized carbons (Fsp3) is 0.182. The molecule has 0 bridgehead atoms. The van der Waals surface area contributed by atoms with Crippen molar-refractivity contribution < 1.29 is 22.7 Å². The lowest BCUT2D eigenvalue weighted by Crippen LogP contribution is -2.34. The van der Waals surface area contributed by atoms with Crippen molar-refractivity contribution >= 4 is 44.8 Å². The number of sulfonamides is 1. The molecule has 12 heteroatoms. The van der Waals surface area contributed by atoms with Gasteiger partial charge in [0.05, 0.1) is 18.1 Å². The molecule has 1 amide bonds. The van der Waals surface area contributed by atoms with Crippen molar-refractivity contribution in [2.24, 2.45) is 0 Å². The van der Waals surface area contributed by atoms with Gasteiger partial charge in [-0.3, -0.25) is 14.8 Å². The second kappa shape index (κ2) is 10.9. The van der Waals surface area contributed by atoms with Crippen LogP contribution in [-0.4, -0.2) is 42.6 Å². The summed E-state index contributed by atoms with van der Waals surface area (Å²) in [6, 6.07) is 12.5. The number of amides is 1.